The highest BCUT2D eigenvalue weighted by Crippen LogP contribution is 2.20. The third kappa shape index (κ3) is 11.7. The first kappa shape index (κ1) is 16.4. The van der Waals surface area contributed by atoms with Crippen LogP contribution in [-0.4, -0.2) is 35.5 Å². The van der Waals surface area contributed by atoms with Crippen molar-refractivity contribution in [3.63, 3.8) is 0 Å². The van der Waals surface area contributed by atoms with Crippen LogP contribution in [-0.2, 0) is 14.3 Å². The first-order valence-corrected chi connectivity index (χ1v) is 6.72. The maximum absolute atomic E-state index is 10.7. The van der Waals surface area contributed by atoms with Gasteiger partial charge in [0.15, 0.2) is 5.12 Å². The predicted octanol–water partition coefficient (Wildman–Crippen LogP) is 1.98. The van der Waals surface area contributed by atoms with E-state index >= 15 is 0 Å². The number of thioether (sulfide) groups is 1. The predicted molar refractivity (Wildman–Crippen MR) is 71.1 cm³/mol. The van der Waals surface area contributed by atoms with E-state index in [0.717, 1.165) is 25.9 Å². The van der Waals surface area contributed by atoms with Crippen molar-refractivity contribution >= 4 is 23.3 Å². The number of ether oxygens (including phenoxy) is 1. The molecule has 0 amide bonds. The summed E-state index contributed by atoms with van der Waals surface area (Å²) in [5.74, 6) is 0. The normalized spacial score (nSPS) is 16.7. The van der Waals surface area contributed by atoms with E-state index in [1.54, 1.807) is 6.92 Å². The summed E-state index contributed by atoms with van der Waals surface area (Å²) < 4.78 is 4.55. The summed E-state index contributed by atoms with van der Waals surface area (Å²) in [7, 11) is 0. The quantitative estimate of drug-likeness (QED) is 0.770. The lowest BCUT2D eigenvalue weighted by Gasteiger charge is -2.20. The Labute approximate surface area is 108 Å². The van der Waals surface area contributed by atoms with Crippen LogP contribution in [0.25, 0.3) is 0 Å². The largest absolute Gasteiger partial charge is 0.462 e. The third-order valence-corrected chi connectivity index (χ3v) is 3.16. The first-order valence-electron chi connectivity index (χ1n) is 5.84. The van der Waals surface area contributed by atoms with Gasteiger partial charge in [0, 0.05) is 12.2 Å². The molecule has 0 aromatic heterocycles. The average molecular weight is 261 g/mol. The van der Waals surface area contributed by atoms with E-state index in [0.29, 0.717) is 11.7 Å². The lowest BCUT2D eigenvalue weighted by atomic mass is 10.2. The average Bonchev–Trinajstić information content (AvgIpc) is 2.17. The fourth-order valence-electron chi connectivity index (χ4n) is 1.29. The fourth-order valence-corrected chi connectivity index (χ4v) is 2.23. The molecule has 1 saturated heterocycles. The molecular formula is C12H23NO3S. The Morgan fingerprint density at radius 1 is 1.35 bits per heavy atom. The van der Waals surface area contributed by atoms with E-state index in [-0.39, 0.29) is 10.7 Å². The van der Waals surface area contributed by atoms with Crippen molar-refractivity contribution in [2.24, 2.45) is 0 Å². The number of piperidine rings is 1. The highest BCUT2D eigenvalue weighted by molar-refractivity contribution is 8.14. The third-order valence-electron chi connectivity index (χ3n) is 2.02. The van der Waals surface area contributed by atoms with Crippen LogP contribution in [0.5, 0.6) is 0 Å². The van der Waals surface area contributed by atoms with E-state index < -0.39 is 0 Å². The molecule has 100 valence electrons. The van der Waals surface area contributed by atoms with Crippen molar-refractivity contribution in [2.75, 3.05) is 13.1 Å². The van der Waals surface area contributed by atoms with Crippen molar-refractivity contribution in [3.05, 3.63) is 0 Å². The van der Waals surface area contributed by atoms with Crippen LogP contribution in [0.4, 0.5) is 0 Å². The zero-order valence-corrected chi connectivity index (χ0v) is 11.9. The summed E-state index contributed by atoms with van der Waals surface area (Å²) >= 11 is 1.50. The molecule has 0 atom stereocenters. The molecular weight excluding hydrogens is 238 g/mol. The molecule has 0 radical (unpaired) electrons. The zero-order valence-electron chi connectivity index (χ0n) is 11.1. The lowest BCUT2D eigenvalue weighted by molar-refractivity contribution is -0.138. The van der Waals surface area contributed by atoms with Crippen LogP contribution in [0.3, 0.4) is 0 Å². The van der Waals surface area contributed by atoms with Gasteiger partial charge in [0.2, 0.25) is 0 Å². The van der Waals surface area contributed by atoms with Gasteiger partial charge in [-0.2, -0.15) is 0 Å². The number of hydrogen-bond donors (Lipinski definition) is 1. The molecule has 1 fully saturated rings. The summed E-state index contributed by atoms with van der Waals surface area (Å²) in [5.41, 5.74) is -0.318. The van der Waals surface area contributed by atoms with E-state index in [1.165, 1.54) is 11.8 Å². The van der Waals surface area contributed by atoms with E-state index in [1.807, 2.05) is 20.8 Å². The Morgan fingerprint density at radius 3 is 2.18 bits per heavy atom. The topological polar surface area (TPSA) is 55.4 Å². The van der Waals surface area contributed by atoms with Gasteiger partial charge in [-0.15, -0.1) is 0 Å². The van der Waals surface area contributed by atoms with E-state index in [9.17, 15) is 9.59 Å². The molecule has 1 N–H and O–H groups in total. The van der Waals surface area contributed by atoms with Crippen LogP contribution >= 0.6 is 11.8 Å². The SMILES string of the molecule is CC(=O)SC1CCNCC1.CC(C)(C)OC=O. The Morgan fingerprint density at radius 2 is 1.88 bits per heavy atom. The van der Waals surface area contributed by atoms with Crippen LogP contribution < -0.4 is 5.32 Å². The minimum Gasteiger partial charge on any atom is -0.462 e. The van der Waals surface area contributed by atoms with Gasteiger partial charge in [0.05, 0.1) is 0 Å². The van der Waals surface area contributed by atoms with Crippen LogP contribution in [0.2, 0.25) is 0 Å². The van der Waals surface area contributed by atoms with Crippen LogP contribution in [0.1, 0.15) is 40.5 Å². The van der Waals surface area contributed by atoms with Crippen molar-refractivity contribution in [2.45, 2.75) is 51.4 Å². The highest BCUT2D eigenvalue weighted by Gasteiger charge is 2.14. The van der Waals surface area contributed by atoms with Crippen molar-refractivity contribution in [3.8, 4) is 0 Å². The lowest BCUT2D eigenvalue weighted by Crippen LogP contribution is -2.29. The minimum absolute atomic E-state index is 0.256. The van der Waals surface area contributed by atoms with Crippen LogP contribution in [0.15, 0.2) is 0 Å². The molecule has 17 heavy (non-hydrogen) atoms. The van der Waals surface area contributed by atoms with Gasteiger partial charge in [0.25, 0.3) is 6.47 Å². The van der Waals surface area contributed by atoms with Gasteiger partial charge in [-0.05, 0) is 46.7 Å². The van der Waals surface area contributed by atoms with Gasteiger partial charge in [-0.1, -0.05) is 11.8 Å². The summed E-state index contributed by atoms with van der Waals surface area (Å²) in [4.78, 5) is 20.3. The molecule has 1 aliphatic heterocycles. The number of nitrogens with one attached hydrogen (secondary N) is 1. The first-order chi connectivity index (χ1) is 7.85. The maximum Gasteiger partial charge on any atom is 0.293 e. The number of carbonyl (C=O) groups is 2. The summed E-state index contributed by atoms with van der Waals surface area (Å²) in [6, 6.07) is 0. The molecule has 4 nitrogen and oxygen atoms in total. The fraction of sp³-hybridized carbons (Fsp3) is 0.833. The molecule has 1 rings (SSSR count). The van der Waals surface area contributed by atoms with Gasteiger partial charge >= 0.3 is 0 Å². The number of hydrogen-bond acceptors (Lipinski definition) is 5. The molecule has 0 bridgehead atoms. The molecule has 5 heteroatoms. The second-order valence-electron chi connectivity index (χ2n) is 4.89. The van der Waals surface area contributed by atoms with Crippen LogP contribution in [0, 0.1) is 0 Å². The number of carbonyl (C=O) groups excluding carboxylic acids is 2. The molecule has 0 aromatic carbocycles. The molecule has 1 aliphatic rings. The Hall–Kier alpha value is -0.550. The molecule has 0 unspecified atom stereocenters. The highest BCUT2D eigenvalue weighted by atomic mass is 32.2. The second kappa shape index (κ2) is 8.53. The minimum atomic E-state index is -0.318. The van der Waals surface area contributed by atoms with Gasteiger partial charge in [0.1, 0.15) is 5.60 Å². The second-order valence-corrected chi connectivity index (χ2v) is 6.36. The zero-order chi connectivity index (χ0) is 13.3. The Bertz CT molecular complexity index is 232. The molecule has 0 aromatic rings. The maximum atomic E-state index is 10.7. The van der Waals surface area contributed by atoms with Gasteiger partial charge in [-0.3, -0.25) is 9.59 Å². The van der Waals surface area contributed by atoms with E-state index in [4.69, 9.17) is 0 Å². The summed E-state index contributed by atoms with van der Waals surface area (Å²) in [5, 5.41) is 4.10. The number of rotatable bonds is 2. The van der Waals surface area contributed by atoms with E-state index in [2.05, 4.69) is 10.1 Å². The van der Waals surface area contributed by atoms with Crippen molar-refractivity contribution < 1.29 is 14.3 Å². The van der Waals surface area contributed by atoms with Crippen molar-refractivity contribution in [1.29, 1.82) is 0 Å². The molecule has 0 aliphatic carbocycles. The smallest absolute Gasteiger partial charge is 0.293 e. The Balaban J connectivity index is 0.000000325. The summed E-state index contributed by atoms with van der Waals surface area (Å²) in [6.07, 6.45) is 2.29. The molecule has 1 heterocycles. The molecule has 0 spiro atoms. The van der Waals surface area contributed by atoms with Gasteiger partial charge < -0.3 is 10.1 Å². The molecule has 0 saturated carbocycles. The monoisotopic (exact) mass is 261 g/mol. The standard InChI is InChI=1S/C7H13NOS.C5H10O2/c1-6(9)10-7-2-4-8-5-3-7;1-5(2,3)7-4-6/h7-8H,2-5H2,1H3;4H,1-3H3. The van der Waals surface area contributed by atoms with Gasteiger partial charge in [-0.25, -0.2) is 0 Å². The summed E-state index contributed by atoms with van der Waals surface area (Å²) in [6.45, 7) is 9.72. The van der Waals surface area contributed by atoms with Crippen molar-refractivity contribution in [1.82, 2.24) is 5.32 Å². The Kier molecular flexibility index (Phi) is 8.25.